The summed E-state index contributed by atoms with van der Waals surface area (Å²) in [6, 6.07) is 10.2. The number of rotatable bonds is 4. The molecule has 0 bridgehead atoms. The van der Waals surface area contributed by atoms with E-state index in [0.29, 0.717) is 45.9 Å². The van der Waals surface area contributed by atoms with Gasteiger partial charge in [-0.2, -0.15) is 0 Å². The lowest BCUT2D eigenvalue weighted by atomic mass is 10.0. The molecule has 7 nitrogen and oxygen atoms in total. The third kappa shape index (κ3) is 4.47. The highest BCUT2D eigenvalue weighted by Crippen LogP contribution is 2.37. The summed E-state index contributed by atoms with van der Waals surface area (Å²) in [6.45, 7) is 5.06. The second kappa shape index (κ2) is 9.50. The normalized spacial score (nSPS) is 21.4. The van der Waals surface area contributed by atoms with Crippen molar-refractivity contribution in [2.45, 2.75) is 25.3 Å². The number of ether oxygens (including phenoxy) is 2. The van der Waals surface area contributed by atoms with E-state index >= 15 is 0 Å². The van der Waals surface area contributed by atoms with E-state index in [2.05, 4.69) is 17.0 Å². The van der Waals surface area contributed by atoms with Gasteiger partial charge in [0.2, 0.25) is 5.91 Å². The van der Waals surface area contributed by atoms with Crippen molar-refractivity contribution in [2.24, 2.45) is 0 Å². The molecule has 1 aromatic heterocycles. The smallest absolute Gasteiger partial charge is 0.264 e. The maximum absolute atomic E-state index is 13.1. The molecule has 0 spiro atoms. The Bertz CT molecular complexity index is 956. The van der Waals surface area contributed by atoms with Gasteiger partial charge in [-0.25, -0.2) is 0 Å². The molecule has 2 aromatic rings. The summed E-state index contributed by atoms with van der Waals surface area (Å²) < 4.78 is 11.6. The van der Waals surface area contributed by atoms with Crippen LogP contribution in [0, 0.1) is 0 Å². The number of carbonyl (C=O) groups is 2. The van der Waals surface area contributed by atoms with Crippen LogP contribution in [0.1, 0.15) is 40.5 Å². The molecule has 2 saturated heterocycles. The highest BCUT2D eigenvalue weighted by atomic mass is 32.1. The van der Waals surface area contributed by atoms with Gasteiger partial charge in [0.05, 0.1) is 24.6 Å². The van der Waals surface area contributed by atoms with Crippen molar-refractivity contribution in [3.05, 3.63) is 46.2 Å². The first-order chi connectivity index (χ1) is 15.7. The van der Waals surface area contributed by atoms with Crippen LogP contribution in [0.2, 0.25) is 0 Å². The van der Waals surface area contributed by atoms with Gasteiger partial charge in [-0.15, -0.1) is 11.3 Å². The van der Waals surface area contributed by atoms with Crippen molar-refractivity contribution < 1.29 is 19.1 Å². The van der Waals surface area contributed by atoms with Crippen LogP contribution in [0.3, 0.4) is 0 Å². The first-order valence-electron chi connectivity index (χ1n) is 11.4. The van der Waals surface area contributed by atoms with Crippen LogP contribution in [0.25, 0.3) is 0 Å². The molecule has 0 aliphatic carbocycles. The molecule has 1 atom stereocenters. The number of benzene rings is 1. The Kier molecular flexibility index (Phi) is 6.32. The molecule has 3 aliphatic rings. The summed E-state index contributed by atoms with van der Waals surface area (Å²) in [5.74, 6) is 1.84. The zero-order chi connectivity index (χ0) is 21.9. The van der Waals surface area contributed by atoms with Crippen LogP contribution in [0.5, 0.6) is 11.5 Å². The number of carbonyl (C=O) groups excluding carboxylic acids is 2. The summed E-state index contributed by atoms with van der Waals surface area (Å²) in [5.41, 5.74) is 1.19. The molecule has 0 N–H and O–H groups in total. The lowest BCUT2D eigenvalue weighted by Crippen LogP contribution is -2.52. The Balaban J connectivity index is 1.18. The first kappa shape index (κ1) is 21.3. The fraction of sp³-hybridized carbons (Fsp3) is 0.500. The van der Waals surface area contributed by atoms with Crippen LogP contribution in [-0.4, -0.2) is 79.0 Å². The van der Waals surface area contributed by atoms with E-state index in [1.807, 2.05) is 33.4 Å². The monoisotopic (exact) mass is 455 g/mol. The third-order valence-electron chi connectivity index (χ3n) is 6.51. The molecule has 1 unspecified atom stereocenters. The molecule has 0 radical (unpaired) electrons. The molecular formula is C24H29N3O4S. The third-order valence-corrected chi connectivity index (χ3v) is 7.37. The fourth-order valence-corrected chi connectivity index (χ4v) is 5.46. The number of hydrogen-bond acceptors (Lipinski definition) is 6. The van der Waals surface area contributed by atoms with E-state index in [9.17, 15) is 9.59 Å². The minimum atomic E-state index is 0.0705. The molecule has 2 fully saturated rings. The van der Waals surface area contributed by atoms with Crippen LogP contribution in [0.4, 0.5) is 0 Å². The summed E-state index contributed by atoms with van der Waals surface area (Å²) in [7, 11) is 0. The van der Waals surface area contributed by atoms with Crippen molar-refractivity contribution in [1.29, 1.82) is 0 Å². The molecule has 170 valence electrons. The molecule has 5 rings (SSSR count). The Hall–Kier alpha value is -2.58. The molecule has 3 aliphatic heterocycles. The van der Waals surface area contributed by atoms with Gasteiger partial charge in [-0.3, -0.25) is 14.5 Å². The SMILES string of the molecule is O=C(CN1CCCC1c1ccc2c(c1)OCCCO2)N1CCN(C(=O)c2cccs2)CC1. The van der Waals surface area contributed by atoms with Crippen LogP contribution < -0.4 is 9.47 Å². The average molecular weight is 456 g/mol. The van der Waals surface area contributed by atoms with E-state index < -0.39 is 0 Å². The minimum Gasteiger partial charge on any atom is -0.490 e. The maximum Gasteiger partial charge on any atom is 0.264 e. The zero-order valence-corrected chi connectivity index (χ0v) is 19.0. The van der Waals surface area contributed by atoms with E-state index in [4.69, 9.17) is 9.47 Å². The molecular weight excluding hydrogens is 426 g/mol. The Morgan fingerprint density at radius 3 is 2.50 bits per heavy atom. The van der Waals surface area contributed by atoms with Crippen molar-refractivity contribution in [3.8, 4) is 11.5 Å². The molecule has 2 amide bonds. The number of fused-ring (bicyclic) bond motifs is 1. The highest BCUT2D eigenvalue weighted by Gasteiger charge is 2.31. The number of nitrogens with zero attached hydrogens (tertiary/aromatic N) is 3. The summed E-state index contributed by atoms with van der Waals surface area (Å²) in [4.78, 5) is 32.4. The van der Waals surface area contributed by atoms with E-state index in [0.717, 1.165) is 42.2 Å². The number of hydrogen-bond donors (Lipinski definition) is 0. The van der Waals surface area contributed by atoms with E-state index in [-0.39, 0.29) is 17.9 Å². The predicted molar refractivity (Wildman–Crippen MR) is 122 cm³/mol. The van der Waals surface area contributed by atoms with Gasteiger partial charge in [0.15, 0.2) is 11.5 Å². The van der Waals surface area contributed by atoms with Gasteiger partial charge >= 0.3 is 0 Å². The van der Waals surface area contributed by atoms with Crippen molar-refractivity contribution in [2.75, 3.05) is 52.5 Å². The number of likely N-dealkylation sites (tertiary alicyclic amines) is 1. The van der Waals surface area contributed by atoms with Crippen LogP contribution in [0.15, 0.2) is 35.7 Å². The Morgan fingerprint density at radius 1 is 0.938 bits per heavy atom. The van der Waals surface area contributed by atoms with Crippen molar-refractivity contribution in [1.82, 2.24) is 14.7 Å². The fourth-order valence-electron chi connectivity index (χ4n) is 4.77. The Morgan fingerprint density at radius 2 is 1.72 bits per heavy atom. The number of amides is 2. The maximum atomic E-state index is 13.1. The standard InChI is InChI=1S/C24H29N3O4S/c28-23(25-9-11-26(12-10-25)24(29)22-5-2-15-32-22)17-27-8-1-4-19(27)18-6-7-20-21(16-18)31-14-3-13-30-20/h2,5-7,15-16,19H,1,3-4,8-14,17H2. The number of thiophene rings is 1. The van der Waals surface area contributed by atoms with E-state index in [1.54, 1.807) is 0 Å². The van der Waals surface area contributed by atoms with E-state index in [1.165, 1.54) is 16.9 Å². The summed E-state index contributed by atoms with van der Waals surface area (Å²) in [5, 5.41) is 1.92. The van der Waals surface area contributed by atoms with Gasteiger partial charge in [0.1, 0.15) is 0 Å². The lowest BCUT2D eigenvalue weighted by molar-refractivity contribution is -0.134. The van der Waals surface area contributed by atoms with Crippen LogP contribution >= 0.6 is 11.3 Å². The van der Waals surface area contributed by atoms with Gasteiger partial charge in [0, 0.05) is 38.6 Å². The minimum absolute atomic E-state index is 0.0705. The van der Waals surface area contributed by atoms with Crippen molar-refractivity contribution in [3.63, 3.8) is 0 Å². The lowest BCUT2D eigenvalue weighted by Gasteiger charge is -2.36. The van der Waals surface area contributed by atoms with Gasteiger partial charge in [0.25, 0.3) is 5.91 Å². The Labute approximate surface area is 192 Å². The second-order valence-electron chi connectivity index (χ2n) is 8.54. The quantitative estimate of drug-likeness (QED) is 0.709. The van der Waals surface area contributed by atoms with Crippen molar-refractivity contribution >= 4 is 23.2 Å². The van der Waals surface area contributed by atoms with Gasteiger partial charge < -0.3 is 19.3 Å². The molecule has 32 heavy (non-hydrogen) atoms. The van der Waals surface area contributed by atoms with Crippen LogP contribution in [-0.2, 0) is 4.79 Å². The first-order valence-corrected chi connectivity index (χ1v) is 12.3. The molecule has 8 heteroatoms. The predicted octanol–water partition coefficient (Wildman–Crippen LogP) is 3.03. The molecule has 1 aromatic carbocycles. The molecule has 4 heterocycles. The van der Waals surface area contributed by atoms with Gasteiger partial charge in [-0.1, -0.05) is 12.1 Å². The topological polar surface area (TPSA) is 62.3 Å². The largest absolute Gasteiger partial charge is 0.490 e. The highest BCUT2D eigenvalue weighted by molar-refractivity contribution is 7.12. The van der Waals surface area contributed by atoms with Gasteiger partial charge in [-0.05, 0) is 48.5 Å². The summed E-state index contributed by atoms with van der Waals surface area (Å²) in [6.07, 6.45) is 3.01. The summed E-state index contributed by atoms with van der Waals surface area (Å²) >= 11 is 1.47. The molecule has 0 saturated carbocycles. The number of piperazine rings is 1. The zero-order valence-electron chi connectivity index (χ0n) is 18.2. The average Bonchev–Trinajstić information content (AvgIpc) is 3.47. The second-order valence-corrected chi connectivity index (χ2v) is 9.48.